The van der Waals surface area contributed by atoms with Gasteiger partial charge in [0.25, 0.3) is 5.91 Å². The predicted molar refractivity (Wildman–Crippen MR) is 104 cm³/mol. The summed E-state index contributed by atoms with van der Waals surface area (Å²) < 4.78 is 11.2. The second-order valence-electron chi connectivity index (χ2n) is 8.03. The Labute approximate surface area is 165 Å². The van der Waals surface area contributed by atoms with Crippen molar-refractivity contribution in [3.63, 3.8) is 0 Å². The summed E-state index contributed by atoms with van der Waals surface area (Å²) in [6.07, 6.45) is 2.85. The Morgan fingerprint density at radius 2 is 2.04 bits per heavy atom. The van der Waals surface area contributed by atoms with Gasteiger partial charge in [0, 0.05) is 20.2 Å². The zero-order valence-corrected chi connectivity index (χ0v) is 16.7. The van der Waals surface area contributed by atoms with Gasteiger partial charge in [0.05, 0.1) is 12.7 Å². The molecule has 2 heterocycles. The third-order valence-electron chi connectivity index (χ3n) is 5.06. The number of carboxylic acids is 1. The van der Waals surface area contributed by atoms with E-state index in [1.165, 1.54) is 0 Å². The lowest BCUT2D eigenvalue weighted by atomic mass is 10.0. The van der Waals surface area contributed by atoms with E-state index in [0.29, 0.717) is 24.8 Å². The molecule has 1 aliphatic heterocycles. The number of hydrogen-bond donors (Lipinski definition) is 2. The average molecular weight is 391 g/mol. The van der Waals surface area contributed by atoms with E-state index in [2.05, 4.69) is 15.2 Å². The van der Waals surface area contributed by atoms with Crippen LogP contribution in [0.2, 0.25) is 0 Å². The third kappa shape index (κ3) is 5.13. The fourth-order valence-electron chi connectivity index (χ4n) is 3.10. The van der Waals surface area contributed by atoms with Gasteiger partial charge in [-0.3, -0.25) is 4.79 Å². The van der Waals surface area contributed by atoms with E-state index in [4.69, 9.17) is 9.47 Å². The molecule has 8 heteroatoms. The van der Waals surface area contributed by atoms with Crippen molar-refractivity contribution in [2.45, 2.75) is 45.3 Å². The number of carboxylic acid groups (broad SMARTS) is 1. The van der Waals surface area contributed by atoms with Gasteiger partial charge in [0.2, 0.25) is 5.88 Å². The minimum absolute atomic E-state index is 0.148. The number of nitrogens with one attached hydrogen (secondary N) is 1. The van der Waals surface area contributed by atoms with Gasteiger partial charge in [-0.25, -0.2) is 9.78 Å². The van der Waals surface area contributed by atoms with E-state index in [9.17, 15) is 14.7 Å². The Morgan fingerprint density at radius 3 is 2.61 bits per heavy atom. The summed E-state index contributed by atoms with van der Waals surface area (Å²) in [6, 6.07) is 2.49. The molecule has 2 fully saturated rings. The number of rotatable bonds is 10. The van der Waals surface area contributed by atoms with Gasteiger partial charge in [-0.15, -0.1) is 0 Å². The minimum Gasteiger partial charge on any atom is -0.480 e. The number of aliphatic carboxylic acids is 1. The van der Waals surface area contributed by atoms with Gasteiger partial charge in [-0.1, -0.05) is 13.8 Å². The fraction of sp³-hybridized carbons (Fsp3) is 0.650. The Morgan fingerprint density at radius 1 is 1.32 bits per heavy atom. The van der Waals surface area contributed by atoms with Gasteiger partial charge >= 0.3 is 5.97 Å². The number of methoxy groups -OCH3 is 1. The number of ether oxygens (including phenoxy) is 2. The Bertz CT molecular complexity index is 714. The summed E-state index contributed by atoms with van der Waals surface area (Å²) in [5.74, 6) is -0.429. The van der Waals surface area contributed by atoms with Crippen LogP contribution in [-0.4, -0.2) is 60.9 Å². The second kappa shape index (κ2) is 8.77. The molecule has 1 atom stereocenters. The van der Waals surface area contributed by atoms with Gasteiger partial charge in [0.15, 0.2) is 0 Å². The van der Waals surface area contributed by atoms with Crippen molar-refractivity contribution in [3.05, 3.63) is 17.8 Å². The highest BCUT2D eigenvalue weighted by molar-refractivity contribution is 5.95. The van der Waals surface area contributed by atoms with Gasteiger partial charge in [-0.2, -0.15) is 0 Å². The number of anilines is 1. The highest BCUT2D eigenvalue weighted by atomic mass is 16.5. The standard InChI is InChI=1S/C20H29N3O5/c1-12(2)8-16(20(25)26)21-18(24)15-6-7-17(23-9-14(10-23)27-3)19(22-15)28-11-13-4-5-13/h6-7,12-14,16H,4-5,8-11H2,1-3H3,(H,21,24)(H,25,26)/t16-/m0/s1. The van der Waals surface area contributed by atoms with Crippen LogP contribution in [0.1, 0.15) is 43.6 Å². The lowest BCUT2D eigenvalue weighted by Gasteiger charge is -2.40. The summed E-state index contributed by atoms with van der Waals surface area (Å²) in [5, 5.41) is 11.9. The molecule has 0 aromatic carbocycles. The molecule has 0 radical (unpaired) electrons. The first-order valence-electron chi connectivity index (χ1n) is 9.82. The van der Waals surface area contributed by atoms with E-state index in [1.807, 2.05) is 19.9 Å². The number of nitrogens with zero attached hydrogens (tertiary/aromatic N) is 2. The summed E-state index contributed by atoms with van der Waals surface area (Å²) in [5.41, 5.74) is 0.996. The molecular formula is C20H29N3O5. The van der Waals surface area contributed by atoms with Crippen LogP contribution in [0.4, 0.5) is 5.69 Å². The van der Waals surface area contributed by atoms with Gasteiger partial charge in [0.1, 0.15) is 17.4 Å². The first-order chi connectivity index (χ1) is 13.4. The van der Waals surface area contributed by atoms with Gasteiger partial charge in [-0.05, 0) is 43.2 Å². The van der Waals surface area contributed by atoms with Crippen LogP contribution >= 0.6 is 0 Å². The molecule has 1 aromatic heterocycles. The van der Waals surface area contributed by atoms with Gasteiger partial charge < -0.3 is 24.8 Å². The molecule has 1 saturated heterocycles. The predicted octanol–water partition coefficient (Wildman–Crippen LogP) is 1.93. The summed E-state index contributed by atoms with van der Waals surface area (Å²) in [7, 11) is 1.69. The maximum atomic E-state index is 12.6. The number of aromatic nitrogens is 1. The lowest BCUT2D eigenvalue weighted by Crippen LogP contribution is -2.52. The normalized spacial score (nSPS) is 17.9. The van der Waals surface area contributed by atoms with E-state index >= 15 is 0 Å². The molecule has 2 N–H and O–H groups in total. The summed E-state index contributed by atoms with van der Waals surface area (Å²) in [6.45, 7) is 5.91. The highest BCUT2D eigenvalue weighted by Crippen LogP contribution is 2.34. The Hall–Kier alpha value is -2.35. The monoisotopic (exact) mass is 391 g/mol. The summed E-state index contributed by atoms with van der Waals surface area (Å²) >= 11 is 0. The molecule has 1 saturated carbocycles. The number of amides is 1. The molecule has 8 nitrogen and oxygen atoms in total. The maximum Gasteiger partial charge on any atom is 0.326 e. The third-order valence-corrected chi connectivity index (χ3v) is 5.06. The zero-order chi connectivity index (χ0) is 20.3. The SMILES string of the molecule is COC1CN(c2ccc(C(=O)N[C@@H](CC(C)C)C(=O)O)nc2OCC2CC2)C1. The van der Waals surface area contributed by atoms with Crippen LogP contribution in [-0.2, 0) is 9.53 Å². The van der Waals surface area contributed by atoms with Crippen molar-refractivity contribution in [3.8, 4) is 5.88 Å². The minimum atomic E-state index is -1.05. The summed E-state index contributed by atoms with van der Waals surface area (Å²) in [4.78, 5) is 30.5. The molecule has 1 amide bonds. The maximum absolute atomic E-state index is 12.6. The van der Waals surface area contributed by atoms with Crippen molar-refractivity contribution in [2.24, 2.45) is 11.8 Å². The Balaban J connectivity index is 1.73. The lowest BCUT2D eigenvalue weighted by molar-refractivity contribution is -0.139. The van der Waals surface area contributed by atoms with Crippen LogP contribution in [0.5, 0.6) is 5.88 Å². The van der Waals surface area contributed by atoms with Crippen LogP contribution < -0.4 is 15.0 Å². The highest BCUT2D eigenvalue weighted by Gasteiger charge is 2.31. The van der Waals surface area contributed by atoms with Crippen molar-refractivity contribution in [1.82, 2.24) is 10.3 Å². The number of carbonyl (C=O) groups is 2. The molecule has 0 spiro atoms. The average Bonchev–Trinajstić information content (AvgIpc) is 3.43. The molecule has 3 rings (SSSR count). The van der Waals surface area contributed by atoms with Crippen LogP contribution in [0.25, 0.3) is 0 Å². The molecule has 1 aromatic rings. The topological polar surface area (TPSA) is 101 Å². The first-order valence-corrected chi connectivity index (χ1v) is 9.82. The second-order valence-corrected chi connectivity index (χ2v) is 8.03. The first kappa shape index (κ1) is 20.4. The van der Waals surface area contributed by atoms with Crippen LogP contribution in [0, 0.1) is 11.8 Å². The van der Waals surface area contributed by atoms with Crippen LogP contribution in [0.3, 0.4) is 0 Å². The van der Waals surface area contributed by atoms with Crippen LogP contribution in [0.15, 0.2) is 12.1 Å². The fourth-order valence-corrected chi connectivity index (χ4v) is 3.10. The molecule has 2 aliphatic rings. The largest absolute Gasteiger partial charge is 0.480 e. The van der Waals surface area contributed by atoms with E-state index in [1.54, 1.807) is 13.2 Å². The Kier molecular flexibility index (Phi) is 6.39. The molecule has 0 unspecified atom stereocenters. The quantitative estimate of drug-likeness (QED) is 0.628. The van der Waals surface area contributed by atoms with E-state index < -0.39 is 17.9 Å². The number of hydrogen-bond acceptors (Lipinski definition) is 6. The van der Waals surface area contributed by atoms with Crippen molar-refractivity contribution >= 4 is 17.6 Å². The molecule has 28 heavy (non-hydrogen) atoms. The van der Waals surface area contributed by atoms with Crippen molar-refractivity contribution < 1.29 is 24.2 Å². The van der Waals surface area contributed by atoms with Crippen molar-refractivity contribution in [1.29, 1.82) is 0 Å². The molecule has 1 aliphatic carbocycles. The smallest absolute Gasteiger partial charge is 0.326 e. The van der Waals surface area contributed by atoms with E-state index in [-0.39, 0.29) is 17.7 Å². The van der Waals surface area contributed by atoms with Crippen molar-refractivity contribution in [2.75, 3.05) is 31.7 Å². The number of carbonyl (C=O) groups excluding carboxylic acids is 1. The molecule has 0 bridgehead atoms. The van der Waals surface area contributed by atoms with E-state index in [0.717, 1.165) is 31.6 Å². The molecular weight excluding hydrogens is 362 g/mol. The molecule has 154 valence electrons. The zero-order valence-electron chi connectivity index (χ0n) is 16.7. The number of pyridine rings is 1.